The molecule has 0 saturated carbocycles. The Morgan fingerprint density at radius 3 is 1.61 bits per heavy atom. The van der Waals surface area contributed by atoms with Gasteiger partial charge >= 0.3 is 11.9 Å². The summed E-state index contributed by atoms with van der Waals surface area (Å²) in [4.78, 5) is 48.9. The van der Waals surface area contributed by atoms with Gasteiger partial charge in [0, 0.05) is 32.2 Å². The van der Waals surface area contributed by atoms with Crippen LogP contribution in [0.25, 0.3) is 0 Å². The number of ketones is 1. The predicted molar refractivity (Wildman–Crippen MR) is 263 cm³/mol. The minimum Gasteiger partial charge on any atom is -0.468 e. The molecule has 0 aromatic rings. The number of hydrogen-bond acceptors (Lipinski definition) is 8. The summed E-state index contributed by atoms with van der Waals surface area (Å²) in [5.41, 5.74) is 0. The molecule has 62 heavy (non-hydrogen) atoms. The maximum absolute atomic E-state index is 12.3. The average Bonchev–Trinajstić information content (AvgIpc) is 3.71. The van der Waals surface area contributed by atoms with Crippen molar-refractivity contribution >= 4 is 24.2 Å². The third kappa shape index (κ3) is 43.3. The molecule has 0 aliphatic carbocycles. The van der Waals surface area contributed by atoms with E-state index in [0.717, 1.165) is 116 Å². The molecule has 8 heteroatoms. The second-order valence-electron chi connectivity index (χ2n) is 18.6. The second-order valence-corrected chi connectivity index (χ2v) is 18.6. The van der Waals surface area contributed by atoms with E-state index in [9.17, 15) is 19.2 Å². The Hall–Kier alpha value is -1.96. The van der Waals surface area contributed by atoms with Crippen LogP contribution < -0.4 is 0 Å². The SMILES string of the molecule is CC.CCCCCCCCC(CCCCCCCC)OC(=O)CCCCCCCOC=O.CCCCCCCOC(=O)CCCCCN1CCC(CC(=O)CCC(C)C(C)C)C1. The number of likely N-dealkylation sites (tertiary alicyclic amines) is 1. The van der Waals surface area contributed by atoms with Crippen molar-refractivity contribution in [2.75, 3.05) is 32.8 Å². The van der Waals surface area contributed by atoms with Crippen LogP contribution in [0.15, 0.2) is 0 Å². The number of carbonyl (C=O) groups is 4. The van der Waals surface area contributed by atoms with E-state index in [-0.39, 0.29) is 18.0 Å². The van der Waals surface area contributed by atoms with Crippen molar-refractivity contribution in [2.45, 2.75) is 273 Å². The van der Waals surface area contributed by atoms with Gasteiger partial charge in [-0.3, -0.25) is 19.2 Å². The molecule has 0 bridgehead atoms. The van der Waals surface area contributed by atoms with Gasteiger partial charge in [-0.05, 0) is 101 Å². The van der Waals surface area contributed by atoms with E-state index in [2.05, 4.69) is 51.2 Å². The lowest BCUT2D eigenvalue weighted by Gasteiger charge is -2.18. The lowest BCUT2D eigenvalue weighted by molar-refractivity contribution is -0.150. The summed E-state index contributed by atoms with van der Waals surface area (Å²) in [5.74, 6) is 2.27. The first kappa shape index (κ1) is 62.1. The molecule has 1 aliphatic rings. The number of unbranched alkanes of at least 4 members (excludes halogenated alkanes) is 20. The van der Waals surface area contributed by atoms with Crippen LogP contribution in [0, 0.1) is 17.8 Å². The van der Waals surface area contributed by atoms with E-state index >= 15 is 0 Å². The van der Waals surface area contributed by atoms with Crippen molar-refractivity contribution in [3.8, 4) is 0 Å². The number of hydrogen-bond donors (Lipinski definition) is 0. The van der Waals surface area contributed by atoms with E-state index in [4.69, 9.17) is 9.47 Å². The van der Waals surface area contributed by atoms with Crippen LogP contribution >= 0.6 is 0 Å². The van der Waals surface area contributed by atoms with Gasteiger partial charge in [-0.15, -0.1) is 0 Å². The van der Waals surface area contributed by atoms with Crippen molar-refractivity contribution in [1.82, 2.24) is 4.90 Å². The fourth-order valence-electron chi connectivity index (χ4n) is 8.02. The van der Waals surface area contributed by atoms with Crippen molar-refractivity contribution < 1.29 is 33.4 Å². The van der Waals surface area contributed by atoms with Gasteiger partial charge in [0.15, 0.2) is 0 Å². The molecule has 0 amide bonds. The maximum Gasteiger partial charge on any atom is 0.306 e. The van der Waals surface area contributed by atoms with E-state index in [1.807, 2.05) is 13.8 Å². The normalized spacial score (nSPS) is 14.2. The Bertz CT molecular complexity index is 972. The highest BCUT2D eigenvalue weighted by molar-refractivity contribution is 5.78. The van der Waals surface area contributed by atoms with Crippen LogP contribution in [0.2, 0.25) is 0 Å². The highest BCUT2D eigenvalue weighted by Crippen LogP contribution is 2.24. The van der Waals surface area contributed by atoms with E-state index in [1.165, 1.54) is 103 Å². The molecule has 368 valence electrons. The molecule has 0 radical (unpaired) electrons. The number of nitrogens with zero attached hydrogens (tertiary/aromatic N) is 1. The lowest BCUT2D eigenvalue weighted by Crippen LogP contribution is -2.22. The fourth-order valence-corrected chi connectivity index (χ4v) is 8.02. The predicted octanol–water partition coefficient (Wildman–Crippen LogP) is 15.4. The second kappa shape index (κ2) is 48.5. The molecule has 2 atom stereocenters. The topological polar surface area (TPSA) is 99.2 Å². The summed E-state index contributed by atoms with van der Waals surface area (Å²) in [6, 6.07) is 0. The van der Waals surface area contributed by atoms with Crippen molar-refractivity contribution in [3.05, 3.63) is 0 Å². The van der Waals surface area contributed by atoms with Gasteiger partial charge < -0.3 is 19.1 Å². The number of rotatable bonds is 42. The lowest BCUT2D eigenvalue weighted by atomic mass is 9.90. The monoisotopic (exact) mass is 880 g/mol. The van der Waals surface area contributed by atoms with Gasteiger partial charge in [0.05, 0.1) is 13.2 Å². The first-order valence-corrected chi connectivity index (χ1v) is 26.8. The number of carbonyl (C=O) groups excluding carboxylic acids is 4. The van der Waals surface area contributed by atoms with E-state index in [0.29, 0.717) is 56.1 Å². The molecule has 1 rings (SSSR count). The summed E-state index contributed by atoms with van der Waals surface area (Å²) >= 11 is 0. The third-order valence-corrected chi connectivity index (χ3v) is 12.5. The van der Waals surface area contributed by atoms with Gasteiger partial charge in [-0.2, -0.15) is 0 Å². The molecule has 1 saturated heterocycles. The Morgan fingerprint density at radius 2 is 1.06 bits per heavy atom. The number of Topliss-reactive ketones (excluding diaryl/α,β-unsaturated/α-hetero) is 1. The minimum absolute atomic E-state index is 0.0127. The number of esters is 2. The van der Waals surface area contributed by atoms with E-state index < -0.39 is 0 Å². The first-order chi connectivity index (χ1) is 30.2. The molecule has 0 aromatic carbocycles. The Labute approximate surface area is 385 Å². The van der Waals surface area contributed by atoms with Crippen LogP contribution in [-0.4, -0.2) is 68.0 Å². The molecular formula is C54H105NO7. The van der Waals surface area contributed by atoms with Crippen LogP contribution in [0.5, 0.6) is 0 Å². The summed E-state index contributed by atoms with van der Waals surface area (Å²) in [6.07, 6.45) is 36.4. The molecule has 1 aliphatic heterocycles. The average molecular weight is 880 g/mol. The molecule has 1 fully saturated rings. The van der Waals surface area contributed by atoms with Crippen molar-refractivity contribution in [3.63, 3.8) is 0 Å². The van der Waals surface area contributed by atoms with Crippen molar-refractivity contribution in [1.29, 1.82) is 0 Å². The smallest absolute Gasteiger partial charge is 0.306 e. The summed E-state index contributed by atoms with van der Waals surface area (Å²) in [5, 5.41) is 0. The van der Waals surface area contributed by atoms with Crippen LogP contribution in [-0.2, 0) is 33.4 Å². The van der Waals surface area contributed by atoms with Gasteiger partial charge in [-0.1, -0.05) is 171 Å². The Balaban J connectivity index is 0. The third-order valence-electron chi connectivity index (χ3n) is 12.5. The number of ether oxygens (including phenoxy) is 3. The van der Waals surface area contributed by atoms with Crippen molar-refractivity contribution in [2.24, 2.45) is 17.8 Å². The molecule has 0 N–H and O–H groups in total. The molecule has 0 aromatic heterocycles. The largest absolute Gasteiger partial charge is 0.468 e. The summed E-state index contributed by atoms with van der Waals surface area (Å²) in [6.45, 7) is 22.3. The molecule has 0 spiro atoms. The Morgan fingerprint density at radius 1 is 0.581 bits per heavy atom. The molecule has 8 nitrogen and oxygen atoms in total. The highest BCUT2D eigenvalue weighted by Gasteiger charge is 2.24. The fraction of sp³-hybridized carbons (Fsp3) is 0.926. The van der Waals surface area contributed by atoms with Gasteiger partial charge in [0.25, 0.3) is 6.47 Å². The minimum atomic E-state index is -0.0305. The van der Waals surface area contributed by atoms with Crippen LogP contribution in [0.1, 0.15) is 267 Å². The zero-order chi connectivity index (χ0) is 46.3. The quantitative estimate of drug-likeness (QED) is 0.0259. The summed E-state index contributed by atoms with van der Waals surface area (Å²) < 4.78 is 15.9. The molecule has 1 heterocycles. The summed E-state index contributed by atoms with van der Waals surface area (Å²) in [7, 11) is 0. The van der Waals surface area contributed by atoms with Gasteiger partial charge in [-0.25, -0.2) is 0 Å². The standard InChI is InChI=1S/C26H49NO3.C26H50O4.C2H6/c1-5-6-7-8-12-19-30-26(29)13-10-9-11-17-27-18-16-24(21-27)20-25(28)15-14-23(4)22(2)3;1-3-5-7-9-12-16-20-25(21-17-13-10-8-6-4-2)30-26(28)22-18-14-11-15-19-23-29-24-27;1-2/h22-24H,5-21H2,1-4H3;24-25H,3-23H2,1-2H3;1-2H3. The maximum atomic E-state index is 12.3. The van der Waals surface area contributed by atoms with Gasteiger partial charge in [0.1, 0.15) is 11.9 Å². The Kier molecular flexibility index (Phi) is 48.6. The van der Waals surface area contributed by atoms with E-state index in [1.54, 1.807) is 0 Å². The zero-order valence-electron chi connectivity index (χ0n) is 42.6. The first-order valence-electron chi connectivity index (χ1n) is 26.8. The molecular weight excluding hydrogens is 775 g/mol. The van der Waals surface area contributed by atoms with Crippen LogP contribution in [0.3, 0.4) is 0 Å². The molecule has 2 unspecified atom stereocenters. The van der Waals surface area contributed by atoms with Crippen LogP contribution in [0.4, 0.5) is 0 Å². The highest BCUT2D eigenvalue weighted by atomic mass is 16.5. The van der Waals surface area contributed by atoms with Gasteiger partial charge in [0.2, 0.25) is 0 Å². The zero-order valence-corrected chi connectivity index (χ0v) is 42.6.